The summed E-state index contributed by atoms with van der Waals surface area (Å²) in [6.45, 7) is 6.47. The molecular weight excluding hydrogens is 240 g/mol. The predicted molar refractivity (Wildman–Crippen MR) is 74.6 cm³/mol. The zero-order valence-corrected chi connectivity index (χ0v) is 11.9. The lowest BCUT2D eigenvalue weighted by Crippen LogP contribution is -2.18. The van der Waals surface area contributed by atoms with Crippen LogP contribution in [0.3, 0.4) is 0 Å². The number of phenolic OH excluding ortho intramolecular Hbond substituents is 1. The first-order chi connectivity index (χ1) is 8.81. The van der Waals surface area contributed by atoms with Crippen LogP contribution in [0.1, 0.15) is 57.6 Å². The molecule has 1 aliphatic carbocycles. The molecule has 2 N–H and O–H groups in total. The maximum atomic E-state index is 11.0. The summed E-state index contributed by atoms with van der Waals surface area (Å²) in [4.78, 5) is 11.0. The smallest absolute Gasteiger partial charge is 0.304 e. The van der Waals surface area contributed by atoms with Crippen LogP contribution in [-0.4, -0.2) is 16.2 Å². The predicted octanol–water partition coefficient (Wildman–Crippen LogP) is 3.59. The van der Waals surface area contributed by atoms with Gasteiger partial charge in [0.05, 0.1) is 6.42 Å². The number of carboxylic acids is 1. The van der Waals surface area contributed by atoms with Crippen molar-refractivity contribution >= 4 is 5.97 Å². The van der Waals surface area contributed by atoms with E-state index in [4.69, 9.17) is 5.11 Å². The third-order valence-corrected chi connectivity index (χ3v) is 4.58. The number of hydrogen-bond acceptors (Lipinski definition) is 2. The molecule has 0 aromatic heterocycles. The molecule has 1 fully saturated rings. The van der Waals surface area contributed by atoms with Gasteiger partial charge in [0.2, 0.25) is 0 Å². The summed E-state index contributed by atoms with van der Waals surface area (Å²) in [6.07, 6.45) is 2.81. The number of carboxylic acid groups (broad SMARTS) is 1. The molecule has 0 radical (unpaired) electrons. The van der Waals surface area contributed by atoms with Gasteiger partial charge in [-0.3, -0.25) is 4.79 Å². The molecule has 1 aromatic carbocycles. The van der Waals surface area contributed by atoms with E-state index in [1.54, 1.807) is 6.07 Å². The van der Waals surface area contributed by atoms with Crippen LogP contribution in [0, 0.1) is 0 Å². The van der Waals surface area contributed by atoms with Crippen molar-refractivity contribution in [1.82, 2.24) is 0 Å². The Morgan fingerprint density at radius 2 is 2.00 bits per heavy atom. The Labute approximate surface area is 114 Å². The van der Waals surface area contributed by atoms with Crippen molar-refractivity contribution in [1.29, 1.82) is 0 Å². The third kappa shape index (κ3) is 2.60. The fourth-order valence-corrected chi connectivity index (χ4v) is 2.57. The van der Waals surface area contributed by atoms with E-state index in [0.29, 0.717) is 0 Å². The summed E-state index contributed by atoms with van der Waals surface area (Å²) in [5, 5.41) is 19.1. The SMILES string of the molecule is CCC(C)(C)c1ccc(O)c(C2(CC(=O)O)CC2)c1. The second kappa shape index (κ2) is 4.55. The summed E-state index contributed by atoms with van der Waals surface area (Å²) in [5.74, 6) is -0.563. The van der Waals surface area contributed by atoms with Crippen LogP contribution in [0.5, 0.6) is 5.75 Å². The minimum Gasteiger partial charge on any atom is -0.508 e. The number of aromatic hydroxyl groups is 1. The van der Waals surface area contributed by atoms with Crippen molar-refractivity contribution in [3.05, 3.63) is 29.3 Å². The molecule has 2 rings (SSSR count). The zero-order valence-electron chi connectivity index (χ0n) is 11.9. The Hall–Kier alpha value is -1.51. The van der Waals surface area contributed by atoms with E-state index in [1.807, 2.05) is 12.1 Å². The van der Waals surface area contributed by atoms with E-state index in [-0.39, 0.29) is 23.0 Å². The van der Waals surface area contributed by atoms with Crippen molar-refractivity contribution in [3.63, 3.8) is 0 Å². The van der Waals surface area contributed by atoms with Crippen molar-refractivity contribution in [2.24, 2.45) is 0 Å². The largest absolute Gasteiger partial charge is 0.508 e. The van der Waals surface area contributed by atoms with Gasteiger partial charge in [0, 0.05) is 11.0 Å². The van der Waals surface area contributed by atoms with Crippen LogP contribution in [0.4, 0.5) is 0 Å². The fraction of sp³-hybridized carbons (Fsp3) is 0.562. The van der Waals surface area contributed by atoms with E-state index in [1.165, 1.54) is 5.56 Å². The summed E-state index contributed by atoms with van der Waals surface area (Å²) < 4.78 is 0. The molecule has 0 bridgehead atoms. The van der Waals surface area contributed by atoms with Crippen LogP contribution in [0.25, 0.3) is 0 Å². The van der Waals surface area contributed by atoms with Crippen LogP contribution in [0.15, 0.2) is 18.2 Å². The minimum absolute atomic E-state index is 0.0434. The number of benzene rings is 1. The van der Waals surface area contributed by atoms with Crippen LogP contribution < -0.4 is 0 Å². The highest BCUT2D eigenvalue weighted by molar-refractivity contribution is 5.70. The van der Waals surface area contributed by atoms with Crippen molar-refractivity contribution in [2.75, 3.05) is 0 Å². The average Bonchev–Trinajstić information content (AvgIpc) is 3.09. The van der Waals surface area contributed by atoms with Gasteiger partial charge in [0.15, 0.2) is 0 Å². The highest BCUT2D eigenvalue weighted by atomic mass is 16.4. The van der Waals surface area contributed by atoms with Crippen molar-refractivity contribution < 1.29 is 15.0 Å². The first kappa shape index (κ1) is 13.9. The quantitative estimate of drug-likeness (QED) is 0.852. The van der Waals surface area contributed by atoms with Gasteiger partial charge in [-0.15, -0.1) is 0 Å². The molecule has 104 valence electrons. The lowest BCUT2D eigenvalue weighted by molar-refractivity contribution is -0.137. The molecule has 0 spiro atoms. The van der Waals surface area contributed by atoms with Crippen LogP contribution >= 0.6 is 0 Å². The maximum absolute atomic E-state index is 11.0. The first-order valence-electron chi connectivity index (χ1n) is 6.86. The zero-order chi connectivity index (χ0) is 14.3. The van der Waals surface area contributed by atoms with Gasteiger partial charge in [-0.2, -0.15) is 0 Å². The highest BCUT2D eigenvalue weighted by Crippen LogP contribution is 2.54. The van der Waals surface area contributed by atoms with Gasteiger partial charge in [0.25, 0.3) is 0 Å². The first-order valence-corrected chi connectivity index (χ1v) is 6.86. The molecule has 0 heterocycles. The van der Waals surface area contributed by atoms with Crippen LogP contribution in [0.2, 0.25) is 0 Å². The van der Waals surface area contributed by atoms with Gasteiger partial charge in [-0.1, -0.05) is 32.9 Å². The Bertz CT molecular complexity index is 499. The second-order valence-electron chi connectivity index (χ2n) is 6.32. The summed E-state index contributed by atoms with van der Waals surface area (Å²) >= 11 is 0. The van der Waals surface area contributed by atoms with E-state index in [2.05, 4.69) is 20.8 Å². The standard InChI is InChI=1S/C16H22O3/c1-4-15(2,3)11-5-6-13(17)12(9-11)16(7-8-16)10-14(18)19/h5-6,9,17H,4,7-8,10H2,1-3H3,(H,18,19). The number of aliphatic carboxylic acids is 1. The Morgan fingerprint density at radius 1 is 1.37 bits per heavy atom. The molecule has 3 nitrogen and oxygen atoms in total. The molecule has 0 amide bonds. The molecule has 1 aliphatic rings. The van der Waals surface area contributed by atoms with Gasteiger partial charge in [-0.25, -0.2) is 0 Å². The fourth-order valence-electron chi connectivity index (χ4n) is 2.57. The molecule has 1 aromatic rings. The molecule has 0 atom stereocenters. The van der Waals surface area contributed by atoms with Crippen molar-refractivity contribution in [2.45, 2.75) is 57.3 Å². The van der Waals surface area contributed by atoms with Gasteiger partial charge < -0.3 is 10.2 Å². The summed E-state index contributed by atoms with van der Waals surface area (Å²) in [6, 6.07) is 5.66. The molecular formula is C16H22O3. The summed E-state index contributed by atoms with van der Waals surface area (Å²) in [7, 11) is 0. The van der Waals surface area contributed by atoms with E-state index in [9.17, 15) is 9.90 Å². The lowest BCUT2D eigenvalue weighted by atomic mass is 9.79. The molecule has 1 saturated carbocycles. The number of carbonyl (C=O) groups is 1. The molecule has 19 heavy (non-hydrogen) atoms. The lowest BCUT2D eigenvalue weighted by Gasteiger charge is -2.26. The van der Waals surface area contributed by atoms with Gasteiger partial charge in [0.1, 0.15) is 5.75 Å². The monoisotopic (exact) mass is 262 g/mol. The van der Waals surface area contributed by atoms with E-state index in [0.717, 1.165) is 24.8 Å². The van der Waals surface area contributed by atoms with Crippen LogP contribution in [-0.2, 0) is 15.6 Å². The Morgan fingerprint density at radius 3 is 2.47 bits per heavy atom. The number of rotatable bonds is 5. The average molecular weight is 262 g/mol. The second-order valence-corrected chi connectivity index (χ2v) is 6.32. The number of hydrogen-bond donors (Lipinski definition) is 2. The third-order valence-electron chi connectivity index (χ3n) is 4.58. The summed E-state index contributed by atoms with van der Waals surface area (Å²) in [5.41, 5.74) is 1.69. The Balaban J connectivity index is 2.41. The molecule has 0 aliphatic heterocycles. The van der Waals surface area contributed by atoms with Gasteiger partial charge >= 0.3 is 5.97 Å². The normalized spacial score (nSPS) is 17.2. The molecule has 0 saturated heterocycles. The molecule has 0 unspecified atom stereocenters. The number of phenols is 1. The van der Waals surface area contributed by atoms with Crippen molar-refractivity contribution in [3.8, 4) is 5.75 Å². The topological polar surface area (TPSA) is 57.5 Å². The van der Waals surface area contributed by atoms with Gasteiger partial charge in [-0.05, 0) is 36.3 Å². The highest BCUT2D eigenvalue weighted by Gasteiger charge is 2.47. The van der Waals surface area contributed by atoms with E-state index >= 15 is 0 Å². The molecule has 3 heteroatoms. The van der Waals surface area contributed by atoms with E-state index < -0.39 is 5.97 Å². The minimum atomic E-state index is -0.794. The Kier molecular flexibility index (Phi) is 3.33. The maximum Gasteiger partial charge on any atom is 0.304 e.